The Labute approximate surface area is 114 Å². The highest BCUT2D eigenvalue weighted by atomic mass is 16.2. The largest absolute Gasteiger partial charge is 0.397 e. The second kappa shape index (κ2) is 4.84. The highest BCUT2D eigenvalue weighted by Gasteiger charge is 2.22. The first-order valence-electron chi connectivity index (χ1n) is 6.46. The zero-order valence-corrected chi connectivity index (χ0v) is 10.8. The molecule has 1 aliphatic heterocycles. The molecule has 3 rings (SSSR count). The van der Waals surface area contributed by atoms with Gasteiger partial charge in [-0.15, -0.1) is 0 Å². The van der Waals surface area contributed by atoms with Crippen LogP contribution in [0.2, 0.25) is 0 Å². The summed E-state index contributed by atoms with van der Waals surface area (Å²) < 4.78 is 0. The number of H-pyrrole nitrogens is 1. The van der Waals surface area contributed by atoms with E-state index in [-0.39, 0.29) is 17.5 Å². The minimum absolute atomic E-state index is 0.0328. The molecule has 1 fully saturated rings. The zero-order chi connectivity index (χ0) is 14.1. The van der Waals surface area contributed by atoms with Crippen LogP contribution >= 0.6 is 0 Å². The standard InChI is InChI=1S/C13H15N5O2/c14-8-4-7-10(16-6-17-12(7)19)5-11(8)18-9-2-1-3-15-13(9)20/h4-6,9,18H,1-3,14H2,(H,15,20)(H,16,17,19). The van der Waals surface area contributed by atoms with E-state index >= 15 is 0 Å². The number of hydrogen-bond donors (Lipinski definition) is 4. The Kier molecular flexibility index (Phi) is 3.02. The highest BCUT2D eigenvalue weighted by molar-refractivity contribution is 5.91. The van der Waals surface area contributed by atoms with Crippen LogP contribution in [-0.4, -0.2) is 28.5 Å². The summed E-state index contributed by atoms with van der Waals surface area (Å²) in [6.45, 7) is 0.709. The van der Waals surface area contributed by atoms with E-state index in [1.807, 2.05) is 0 Å². The third-order valence-electron chi connectivity index (χ3n) is 3.43. The fourth-order valence-electron chi connectivity index (χ4n) is 2.35. The summed E-state index contributed by atoms with van der Waals surface area (Å²) in [6.07, 6.45) is 3.03. The molecule has 0 aliphatic carbocycles. The van der Waals surface area contributed by atoms with E-state index in [4.69, 9.17) is 5.73 Å². The number of fused-ring (bicyclic) bond motifs is 1. The van der Waals surface area contributed by atoms with E-state index < -0.39 is 0 Å². The lowest BCUT2D eigenvalue weighted by atomic mass is 10.1. The predicted molar refractivity (Wildman–Crippen MR) is 76.4 cm³/mol. The van der Waals surface area contributed by atoms with Gasteiger partial charge in [0.1, 0.15) is 6.04 Å². The van der Waals surface area contributed by atoms with Gasteiger partial charge in [-0.1, -0.05) is 0 Å². The summed E-state index contributed by atoms with van der Waals surface area (Å²) in [7, 11) is 0. The van der Waals surface area contributed by atoms with Gasteiger partial charge in [0.05, 0.1) is 28.6 Å². The SMILES string of the molecule is Nc1cc2c(=O)[nH]cnc2cc1NC1CCCNC1=O. The second-order valence-electron chi connectivity index (χ2n) is 4.82. The maximum Gasteiger partial charge on any atom is 0.258 e. The van der Waals surface area contributed by atoms with Crippen LogP contribution in [0.25, 0.3) is 10.9 Å². The Hall–Kier alpha value is -2.57. The quantitative estimate of drug-likeness (QED) is 0.584. The molecule has 7 heteroatoms. The van der Waals surface area contributed by atoms with Gasteiger partial charge in [0.15, 0.2) is 0 Å². The molecule has 0 radical (unpaired) electrons. The molecule has 1 amide bonds. The molecule has 0 saturated carbocycles. The molecule has 1 aliphatic rings. The van der Waals surface area contributed by atoms with E-state index in [2.05, 4.69) is 20.6 Å². The molecule has 1 saturated heterocycles. The van der Waals surface area contributed by atoms with Gasteiger partial charge in [-0.05, 0) is 25.0 Å². The molecule has 1 unspecified atom stereocenters. The van der Waals surface area contributed by atoms with Gasteiger partial charge in [0.25, 0.3) is 5.56 Å². The number of nitrogens with two attached hydrogens (primary N) is 1. The molecule has 0 spiro atoms. The second-order valence-corrected chi connectivity index (χ2v) is 4.82. The molecular weight excluding hydrogens is 258 g/mol. The number of hydrogen-bond acceptors (Lipinski definition) is 5. The van der Waals surface area contributed by atoms with E-state index in [9.17, 15) is 9.59 Å². The van der Waals surface area contributed by atoms with E-state index in [1.54, 1.807) is 12.1 Å². The van der Waals surface area contributed by atoms with Crippen molar-refractivity contribution in [2.45, 2.75) is 18.9 Å². The molecule has 1 aromatic heterocycles. The third kappa shape index (κ3) is 2.18. The van der Waals surface area contributed by atoms with E-state index in [0.29, 0.717) is 28.8 Å². The van der Waals surface area contributed by atoms with Gasteiger partial charge in [0.2, 0.25) is 5.91 Å². The topological polar surface area (TPSA) is 113 Å². The van der Waals surface area contributed by atoms with Gasteiger partial charge in [-0.25, -0.2) is 4.98 Å². The number of aromatic nitrogens is 2. The van der Waals surface area contributed by atoms with Crippen LogP contribution in [-0.2, 0) is 4.79 Å². The van der Waals surface area contributed by atoms with Crippen LogP contribution in [0.15, 0.2) is 23.3 Å². The van der Waals surface area contributed by atoms with Crippen molar-refractivity contribution in [3.05, 3.63) is 28.8 Å². The zero-order valence-electron chi connectivity index (χ0n) is 10.8. The van der Waals surface area contributed by atoms with Crippen LogP contribution in [0.4, 0.5) is 11.4 Å². The van der Waals surface area contributed by atoms with Crippen molar-refractivity contribution in [1.29, 1.82) is 0 Å². The molecular formula is C13H15N5O2. The molecule has 7 nitrogen and oxygen atoms in total. The van der Waals surface area contributed by atoms with Gasteiger partial charge in [-0.3, -0.25) is 9.59 Å². The number of rotatable bonds is 2. The summed E-state index contributed by atoms with van der Waals surface area (Å²) >= 11 is 0. The number of anilines is 2. The fraction of sp³-hybridized carbons (Fsp3) is 0.308. The molecule has 5 N–H and O–H groups in total. The smallest absolute Gasteiger partial charge is 0.258 e. The van der Waals surface area contributed by atoms with Crippen molar-refractivity contribution < 1.29 is 4.79 Å². The molecule has 104 valence electrons. The first-order chi connectivity index (χ1) is 9.65. The minimum atomic E-state index is -0.300. The summed E-state index contributed by atoms with van der Waals surface area (Å²) in [4.78, 5) is 30.0. The first-order valence-corrected chi connectivity index (χ1v) is 6.46. The highest BCUT2D eigenvalue weighted by Crippen LogP contribution is 2.24. The average Bonchev–Trinajstić information content (AvgIpc) is 2.43. The number of nitrogens with one attached hydrogen (secondary N) is 3. The Morgan fingerprint density at radius 2 is 2.20 bits per heavy atom. The van der Waals surface area contributed by atoms with Crippen molar-refractivity contribution in [1.82, 2.24) is 15.3 Å². The van der Waals surface area contributed by atoms with Crippen LogP contribution < -0.4 is 21.9 Å². The van der Waals surface area contributed by atoms with Crippen molar-refractivity contribution >= 4 is 28.2 Å². The number of piperidine rings is 1. The average molecular weight is 273 g/mol. The van der Waals surface area contributed by atoms with Gasteiger partial charge >= 0.3 is 0 Å². The number of benzene rings is 1. The number of amides is 1. The monoisotopic (exact) mass is 273 g/mol. The van der Waals surface area contributed by atoms with Crippen molar-refractivity contribution in [3.8, 4) is 0 Å². The number of nitrogens with zero attached hydrogens (tertiary/aromatic N) is 1. The lowest BCUT2D eigenvalue weighted by molar-refractivity contribution is -0.123. The first kappa shape index (κ1) is 12.5. The fourth-order valence-corrected chi connectivity index (χ4v) is 2.35. The Morgan fingerprint density at radius 1 is 1.35 bits per heavy atom. The molecule has 0 bridgehead atoms. The molecule has 2 aromatic rings. The van der Waals surface area contributed by atoms with Gasteiger partial charge in [0, 0.05) is 6.54 Å². The third-order valence-corrected chi connectivity index (χ3v) is 3.43. The Balaban J connectivity index is 1.97. The molecule has 2 heterocycles. The summed E-state index contributed by atoms with van der Waals surface area (Å²) in [5.41, 5.74) is 7.30. The summed E-state index contributed by atoms with van der Waals surface area (Å²) in [6, 6.07) is 2.97. The lowest BCUT2D eigenvalue weighted by Crippen LogP contribution is -2.44. The molecule has 20 heavy (non-hydrogen) atoms. The predicted octanol–water partition coefficient (Wildman–Crippen LogP) is 0.196. The lowest BCUT2D eigenvalue weighted by Gasteiger charge is -2.24. The van der Waals surface area contributed by atoms with Crippen LogP contribution in [0.5, 0.6) is 0 Å². The van der Waals surface area contributed by atoms with Crippen LogP contribution in [0.3, 0.4) is 0 Å². The van der Waals surface area contributed by atoms with Gasteiger partial charge < -0.3 is 21.4 Å². The Morgan fingerprint density at radius 3 is 3.00 bits per heavy atom. The number of nitrogen functional groups attached to an aromatic ring is 1. The van der Waals surface area contributed by atoms with E-state index in [1.165, 1.54) is 6.33 Å². The maximum atomic E-state index is 11.7. The normalized spacial score (nSPS) is 18.8. The number of carbonyl (C=O) groups is 1. The molecule has 1 aromatic carbocycles. The Bertz CT molecular complexity index is 724. The van der Waals surface area contributed by atoms with Crippen molar-refractivity contribution in [2.24, 2.45) is 0 Å². The van der Waals surface area contributed by atoms with Crippen molar-refractivity contribution in [2.75, 3.05) is 17.6 Å². The number of carbonyl (C=O) groups excluding carboxylic acids is 1. The minimum Gasteiger partial charge on any atom is -0.397 e. The van der Waals surface area contributed by atoms with E-state index in [0.717, 1.165) is 12.8 Å². The summed E-state index contributed by atoms with van der Waals surface area (Å²) in [5.74, 6) is -0.0328. The number of aromatic amines is 1. The van der Waals surface area contributed by atoms with Crippen LogP contribution in [0, 0.1) is 0 Å². The van der Waals surface area contributed by atoms with Crippen LogP contribution in [0.1, 0.15) is 12.8 Å². The van der Waals surface area contributed by atoms with Gasteiger partial charge in [-0.2, -0.15) is 0 Å². The van der Waals surface area contributed by atoms with Crippen molar-refractivity contribution in [3.63, 3.8) is 0 Å². The maximum absolute atomic E-state index is 11.7. The summed E-state index contributed by atoms with van der Waals surface area (Å²) in [5, 5.41) is 6.36. The molecule has 1 atom stereocenters.